The van der Waals surface area contributed by atoms with E-state index in [-0.39, 0.29) is 0 Å². The molecular weight excluding hydrogens is 673 g/mol. The molecule has 10 aromatic rings. The summed E-state index contributed by atoms with van der Waals surface area (Å²) in [4.78, 5) is 0. The largest absolute Gasteiger partial charge is 0.0683 e. The van der Waals surface area contributed by atoms with Crippen LogP contribution in [0.3, 0.4) is 0 Å². The summed E-state index contributed by atoms with van der Waals surface area (Å²) in [7, 11) is 0. The van der Waals surface area contributed by atoms with E-state index in [1.165, 1.54) is 87.6 Å². The summed E-state index contributed by atoms with van der Waals surface area (Å²) in [6.45, 7) is 8.00. The third kappa shape index (κ3) is 7.35. The van der Waals surface area contributed by atoms with E-state index < -0.39 is 0 Å². The smallest absolute Gasteiger partial charge is 0.00264 e. The van der Waals surface area contributed by atoms with Crippen molar-refractivity contribution in [3.05, 3.63) is 218 Å². The molecule has 0 fully saturated rings. The van der Waals surface area contributed by atoms with E-state index in [4.69, 9.17) is 0 Å². The molecule has 0 saturated carbocycles. The summed E-state index contributed by atoms with van der Waals surface area (Å²) in [5.74, 6) is 0. The molecular formula is C56H48. The SMILES string of the molecule is CC.CC.c1ccc(-c2c3ccccc3c(-c3ccccc3)c3ccccc23)cc1.c1ccc(-c2c3ccccc3c(-c3ccccc3)c3ccccc23)cc1. The summed E-state index contributed by atoms with van der Waals surface area (Å²) >= 11 is 0. The van der Waals surface area contributed by atoms with Gasteiger partial charge >= 0.3 is 0 Å². The molecule has 0 N–H and O–H groups in total. The Hall–Kier alpha value is -6.76. The minimum atomic E-state index is 1.26. The molecule has 10 aromatic carbocycles. The molecule has 0 amide bonds. The van der Waals surface area contributed by atoms with Crippen molar-refractivity contribution >= 4 is 43.1 Å². The molecule has 0 radical (unpaired) electrons. The molecule has 0 heteroatoms. The van der Waals surface area contributed by atoms with Crippen molar-refractivity contribution in [2.24, 2.45) is 0 Å². The fraction of sp³-hybridized carbons (Fsp3) is 0.0714. The lowest BCUT2D eigenvalue weighted by Gasteiger charge is -2.17. The third-order valence-electron chi connectivity index (χ3n) is 10.1. The van der Waals surface area contributed by atoms with Gasteiger partial charge in [0.2, 0.25) is 0 Å². The monoisotopic (exact) mass is 720 g/mol. The van der Waals surface area contributed by atoms with E-state index in [1.807, 2.05) is 27.7 Å². The summed E-state index contributed by atoms with van der Waals surface area (Å²) in [5, 5.41) is 10.4. The van der Waals surface area contributed by atoms with Gasteiger partial charge in [0.15, 0.2) is 0 Å². The topological polar surface area (TPSA) is 0 Å². The van der Waals surface area contributed by atoms with E-state index in [9.17, 15) is 0 Å². The minimum Gasteiger partial charge on any atom is -0.0683 e. The van der Waals surface area contributed by atoms with Gasteiger partial charge in [0.25, 0.3) is 0 Å². The first-order valence-corrected chi connectivity index (χ1v) is 20.0. The predicted octanol–water partition coefficient (Wildman–Crippen LogP) is 16.7. The number of rotatable bonds is 4. The van der Waals surface area contributed by atoms with Crippen molar-refractivity contribution in [2.75, 3.05) is 0 Å². The van der Waals surface area contributed by atoms with Gasteiger partial charge in [-0.25, -0.2) is 0 Å². The third-order valence-corrected chi connectivity index (χ3v) is 10.1. The van der Waals surface area contributed by atoms with Crippen molar-refractivity contribution in [1.82, 2.24) is 0 Å². The Morgan fingerprint density at radius 1 is 0.161 bits per heavy atom. The molecule has 0 nitrogen and oxygen atoms in total. The quantitative estimate of drug-likeness (QED) is 0.159. The summed E-state index contributed by atoms with van der Waals surface area (Å²) in [6, 6.07) is 77.9. The van der Waals surface area contributed by atoms with Gasteiger partial charge in [-0.05, 0) is 87.6 Å². The molecule has 0 unspecified atom stereocenters. The van der Waals surface area contributed by atoms with Crippen LogP contribution in [0, 0.1) is 0 Å². The fourth-order valence-electron chi connectivity index (χ4n) is 7.92. The van der Waals surface area contributed by atoms with E-state index >= 15 is 0 Å². The Kier molecular flexibility index (Phi) is 12.1. The lowest BCUT2D eigenvalue weighted by atomic mass is 9.86. The second-order valence-electron chi connectivity index (χ2n) is 13.1. The maximum absolute atomic E-state index is 2.25. The van der Waals surface area contributed by atoms with Crippen LogP contribution in [0.25, 0.3) is 87.6 Å². The normalized spacial score (nSPS) is 10.5. The van der Waals surface area contributed by atoms with Crippen molar-refractivity contribution in [2.45, 2.75) is 27.7 Å². The van der Waals surface area contributed by atoms with Crippen molar-refractivity contribution in [3.8, 4) is 44.5 Å². The van der Waals surface area contributed by atoms with Gasteiger partial charge in [0.1, 0.15) is 0 Å². The van der Waals surface area contributed by atoms with Crippen molar-refractivity contribution in [1.29, 1.82) is 0 Å². The van der Waals surface area contributed by atoms with Gasteiger partial charge in [-0.2, -0.15) is 0 Å². The van der Waals surface area contributed by atoms with Gasteiger partial charge < -0.3 is 0 Å². The summed E-state index contributed by atoms with van der Waals surface area (Å²) < 4.78 is 0. The summed E-state index contributed by atoms with van der Waals surface area (Å²) in [5.41, 5.74) is 10.3. The number of benzene rings is 10. The first-order valence-electron chi connectivity index (χ1n) is 20.0. The average Bonchev–Trinajstić information content (AvgIpc) is 3.30. The van der Waals surface area contributed by atoms with Gasteiger partial charge in [-0.1, -0.05) is 246 Å². The molecule has 10 rings (SSSR count). The molecule has 0 atom stereocenters. The second kappa shape index (κ2) is 18.0. The molecule has 0 aliphatic rings. The molecule has 0 saturated heterocycles. The van der Waals surface area contributed by atoms with E-state index in [2.05, 4.69) is 218 Å². The predicted molar refractivity (Wildman–Crippen MR) is 247 cm³/mol. The van der Waals surface area contributed by atoms with Gasteiger partial charge in [-0.15, -0.1) is 0 Å². The van der Waals surface area contributed by atoms with Crippen LogP contribution in [0.4, 0.5) is 0 Å². The zero-order valence-electron chi connectivity index (χ0n) is 32.8. The molecule has 0 aliphatic carbocycles. The van der Waals surface area contributed by atoms with Crippen LogP contribution in [0.5, 0.6) is 0 Å². The Balaban J connectivity index is 0.000000158. The van der Waals surface area contributed by atoms with Crippen LogP contribution in [0.1, 0.15) is 27.7 Å². The van der Waals surface area contributed by atoms with E-state index in [1.54, 1.807) is 0 Å². The highest BCUT2D eigenvalue weighted by molar-refractivity contribution is 6.22. The second-order valence-corrected chi connectivity index (χ2v) is 13.1. The number of fused-ring (bicyclic) bond motifs is 4. The first kappa shape index (κ1) is 37.6. The number of hydrogen-bond donors (Lipinski definition) is 0. The molecule has 0 aromatic heterocycles. The van der Waals surface area contributed by atoms with E-state index in [0.717, 1.165) is 0 Å². The van der Waals surface area contributed by atoms with Crippen LogP contribution in [-0.4, -0.2) is 0 Å². The van der Waals surface area contributed by atoms with Crippen LogP contribution in [0.15, 0.2) is 218 Å². The highest BCUT2D eigenvalue weighted by Gasteiger charge is 2.17. The van der Waals surface area contributed by atoms with Crippen molar-refractivity contribution in [3.63, 3.8) is 0 Å². The van der Waals surface area contributed by atoms with Gasteiger partial charge in [0.05, 0.1) is 0 Å². The summed E-state index contributed by atoms with van der Waals surface area (Å²) in [6.07, 6.45) is 0. The Labute approximate surface area is 332 Å². The highest BCUT2D eigenvalue weighted by atomic mass is 14.2. The maximum Gasteiger partial charge on any atom is -0.00264 e. The Morgan fingerprint density at radius 3 is 0.429 bits per heavy atom. The zero-order chi connectivity index (χ0) is 38.7. The lowest BCUT2D eigenvalue weighted by Crippen LogP contribution is -1.90. The van der Waals surface area contributed by atoms with E-state index in [0.29, 0.717) is 0 Å². The number of hydrogen-bond acceptors (Lipinski definition) is 0. The molecule has 0 spiro atoms. The maximum atomic E-state index is 2.25. The first-order chi connectivity index (χ1) is 27.9. The Morgan fingerprint density at radius 2 is 0.286 bits per heavy atom. The minimum absolute atomic E-state index is 1.26. The van der Waals surface area contributed by atoms with Crippen LogP contribution in [-0.2, 0) is 0 Å². The van der Waals surface area contributed by atoms with Crippen LogP contribution < -0.4 is 0 Å². The highest BCUT2D eigenvalue weighted by Crippen LogP contribution is 2.44. The molecule has 0 heterocycles. The van der Waals surface area contributed by atoms with Crippen molar-refractivity contribution < 1.29 is 0 Å². The molecule has 0 aliphatic heterocycles. The van der Waals surface area contributed by atoms with Crippen LogP contribution in [0.2, 0.25) is 0 Å². The average molecular weight is 721 g/mol. The van der Waals surface area contributed by atoms with Crippen LogP contribution >= 0.6 is 0 Å². The molecule has 56 heavy (non-hydrogen) atoms. The zero-order valence-corrected chi connectivity index (χ0v) is 32.8. The standard InChI is InChI=1S/2C26H18.2C2H6/c2*1-3-11-19(12-4-1)25-21-15-7-9-17-23(21)26(20-13-5-2-6-14-20)24-18-10-8-16-22(24)25;2*1-2/h2*1-18H;2*1-2H3. The van der Waals surface area contributed by atoms with Gasteiger partial charge in [0, 0.05) is 0 Å². The van der Waals surface area contributed by atoms with Gasteiger partial charge in [-0.3, -0.25) is 0 Å². The lowest BCUT2D eigenvalue weighted by molar-refractivity contribution is 1.50. The Bertz CT molecular complexity index is 2290. The molecule has 0 bridgehead atoms. The molecule has 272 valence electrons. The fourth-order valence-corrected chi connectivity index (χ4v) is 7.92.